The van der Waals surface area contributed by atoms with Crippen LogP contribution in [-0.4, -0.2) is 68.7 Å². The van der Waals surface area contributed by atoms with Crippen LogP contribution < -0.4 is 5.73 Å². The van der Waals surface area contributed by atoms with E-state index in [9.17, 15) is 0 Å². The number of rotatable bonds is 7. The number of aliphatic imine (C=N–C) groups is 1. The summed E-state index contributed by atoms with van der Waals surface area (Å²) >= 11 is 0. The monoisotopic (exact) mass is 284 g/mol. The first kappa shape index (κ1) is 17.2. The molecule has 2 N–H and O–H groups in total. The van der Waals surface area contributed by atoms with Crippen molar-refractivity contribution in [3.05, 3.63) is 0 Å². The van der Waals surface area contributed by atoms with E-state index in [0.29, 0.717) is 12.5 Å². The summed E-state index contributed by atoms with van der Waals surface area (Å²) < 4.78 is 5.74. The van der Waals surface area contributed by atoms with Gasteiger partial charge in [-0.15, -0.1) is 0 Å². The molecule has 1 fully saturated rings. The number of nitrogens with two attached hydrogens (primary N) is 1. The fourth-order valence-electron chi connectivity index (χ4n) is 2.40. The number of ether oxygens (including phenoxy) is 1. The van der Waals surface area contributed by atoms with E-state index >= 15 is 0 Å². The Bertz CT molecular complexity index is 286. The SMILES string of the molecule is CCOC(CCN(C)C)CN=C(N)N1CCC(C)CC1. The van der Waals surface area contributed by atoms with Crippen LogP contribution in [0.2, 0.25) is 0 Å². The normalized spacial score (nSPS) is 19.6. The lowest BCUT2D eigenvalue weighted by Crippen LogP contribution is -2.43. The summed E-state index contributed by atoms with van der Waals surface area (Å²) in [7, 11) is 4.16. The van der Waals surface area contributed by atoms with Gasteiger partial charge in [-0.05, 0) is 46.2 Å². The molecule has 118 valence electrons. The van der Waals surface area contributed by atoms with Crippen molar-refractivity contribution in [2.75, 3.05) is 46.9 Å². The van der Waals surface area contributed by atoms with Crippen molar-refractivity contribution >= 4 is 5.96 Å². The minimum Gasteiger partial charge on any atom is -0.377 e. The van der Waals surface area contributed by atoms with Gasteiger partial charge in [0.2, 0.25) is 0 Å². The van der Waals surface area contributed by atoms with Crippen molar-refractivity contribution in [1.82, 2.24) is 9.80 Å². The second kappa shape index (κ2) is 9.19. The molecule has 0 spiro atoms. The zero-order valence-corrected chi connectivity index (χ0v) is 13.6. The molecular weight excluding hydrogens is 252 g/mol. The van der Waals surface area contributed by atoms with Gasteiger partial charge in [-0.1, -0.05) is 6.92 Å². The number of guanidine groups is 1. The Kier molecular flexibility index (Phi) is 7.92. The summed E-state index contributed by atoms with van der Waals surface area (Å²) in [6, 6.07) is 0. The number of hydrogen-bond acceptors (Lipinski definition) is 3. The van der Waals surface area contributed by atoms with Crippen molar-refractivity contribution in [2.45, 2.75) is 39.2 Å². The average Bonchev–Trinajstić information content (AvgIpc) is 2.42. The van der Waals surface area contributed by atoms with E-state index in [0.717, 1.165) is 38.6 Å². The topological polar surface area (TPSA) is 54.1 Å². The number of piperidine rings is 1. The van der Waals surface area contributed by atoms with Crippen LogP contribution in [0.5, 0.6) is 0 Å². The second-order valence-corrected chi connectivity index (χ2v) is 6.04. The molecule has 0 aromatic rings. The third-order valence-electron chi connectivity index (χ3n) is 3.87. The molecule has 0 aromatic carbocycles. The largest absolute Gasteiger partial charge is 0.377 e. The Morgan fingerprint density at radius 1 is 1.40 bits per heavy atom. The average molecular weight is 284 g/mol. The molecule has 0 aliphatic carbocycles. The van der Waals surface area contributed by atoms with Gasteiger partial charge in [0.1, 0.15) is 0 Å². The fraction of sp³-hybridized carbons (Fsp3) is 0.933. The molecule has 1 saturated heterocycles. The Hall–Kier alpha value is -0.810. The van der Waals surface area contributed by atoms with Gasteiger partial charge in [0, 0.05) is 26.2 Å². The van der Waals surface area contributed by atoms with Crippen molar-refractivity contribution in [3.8, 4) is 0 Å². The highest BCUT2D eigenvalue weighted by Gasteiger charge is 2.17. The maximum atomic E-state index is 6.10. The van der Waals surface area contributed by atoms with E-state index in [1.54, 1.807) is 0 Å². The number of nitrogens with zero attached hydrogens (tertiary/aromatic N) is 3. The van der Waals surface area contributed by atoms with Crippen molar-refractivity contribution in [2.24, 2.45) is 16.6 Å². The molecule has 0 bridgehead atoms. The summed E-state index contributed by atoms with van der Waals surface area (Å²) in [5, 5.41) is 0. The highest BCUT2D eigenvalue weighted by atomic mass is 16.5. The summed E-state index contributed by atoms with van der Waals surface area (Å²) in [6.45, 7) is 8.81. The van der Waals surface area contributed by atoms with Gasteiger partial charge >= 0.3 is 0 Å². The van der Waals surface area contributed by atoms with Crippen molar-refractivity contribution < 1.29 is 4.74 Å². The third kappa shape index (κ3) is 6.57. The van der Waals surface area contributed by atoms with Crippen LogP contribution in [-0.2, 0) is 4.74 Å². The van der Waals surface area contributed by atoms with Crippen molar-refractivity contribution in [1.29, 1.82) is 0 Å². The van der Waals surface area contributed by atoms with E-state index in [-0.39, 0.29) is 6.10 Å². The van der Waals surface area contributed by atoms with Gasteiger partial charge in [-0.25, -0.2) is 0 Å². The molecule has 1 aliphatic heterocycles. The smallest absolute Gasteiger partial charge is 0.191 e. The van der Waals surface area contributed by atoms with Crippen molar-refractivity contribution in [3.63, 3.8) is 0 Å². The Morgan fingerprint density at radius 3 is 2.60 bits per heavy atom. The lowest BCUT2D eigenvalue weighted by atomic mass is 10.00. The lowest BCUT2D eigenvalue weighted by molar-refractivity contribution is 0.0580. The van der Waals surface area contributed by atoms with Gasteiger partial charge in [0.15, 0.2) is 5.96 Å². The summed E-state index contributed by atoms with van der Waals surface area (Å²) in [5.41, 5.74) is 6.10. The van der Waals surface area contributed by atoms with Crippen LogP contribution in [0.15, 0.2) is 4.99 Å². The highest BCUT2D eigenvalue weighted by Crippen LogP contribution is 2.15. The lowest BCUT2D eigenvalue weighted by Gasteiger charge is -2.31. The maximum absolute atomic E-state index is 6.10. The van der Waals surface area contributed by atoms with Crippen LogP contribution >= 0.6 is 0 Å². The Balaban J connectivity index is 2.40. The first-order valence-corrected chi connectivity index (χ1v) is 7.84. The van der Waals surface area contributed by atoms with Gasteiger partial charge in [-0.2, -0.15) is 0 Å². The minimum absolute atomic E-state index is 0.171. The van der Waals surface area contributed by atoms with E-state index in [1.807, 2.05) is 6.92 Å². The maximum Gasteiger partial charge on any atom is 0.191 e. The van der Waals surface area contributed by atoms with E-state index < -0.39 is 0 Å². The summed E-state index contributed by atoms with van der Waals surface area (Å²) in [6.07, 6.45) is 3.59. The van der Waals surface area contributed by atoms with E-state index in [4.69, 9.17) is 10.5 Å². The molecule has 1 heterocycles. The van der Waals surface area contributed by atoms with Gasteiger partial charge in [0.25, 0.3) is 0 Å². The molecule has 0 radical (unpaired) electrons. The van der Waals surface area contributed by atoms with Gasteiger partial charge in [-0.3, -0.25) is 4.99 Å². The van der Waals surface area contributed by atoms with E-state index in [1.165, 1.54) is 12.8 Å². The summed E-state index contributed by atoms with van der Waals surface area (Å²) in [5.74, 6) is 1.50. The number of hydrogen-bond donors (Lipinski definition) is 1. The predicted molar refractivity (Wildman–Crippen MR) is 85.0 cm³/mol. The molecule has 1 atom stereocenters. The van der Waals surface area contributed by atoms with E-state index in [2.05, 4.69) is 35.8 Å². The first-order chi connectivity index (χ1) is 9.52. The summed E-state index contributed by atoms with van der Waals surface area (Å²) in [4.78, 5) is 8.92. The molecule has 20 heavy (non-hydrogen) atoms. The fourth-order valence-corrected chi connectivity index (χ4v) is 2.40. The molecule has 1 unspecified atom stereocenters. The quantitative estimate of drug-likeness (QED) is 0.567. The minimum atomic E-state index is 0.171. The first-order valence-electron chi connectivity index (χ1n) is 7.84. The molecular formula is C15H32N4O. The molecule has 1 aliphatic rings. The van der Waals surface area contributed by atoms with Gasteiger partial charge < -0.3 is 20.3 Å². The molecule has 1 rings (SSSR count). The zero-order valence-electron chi connectivity index (χ0n) is 13.6. The highest BCUT2D eigenvalue weighted by molar-refractivity contribution is 5.78. The second-order valence-electron chi connectivity index (χ2n) is 6.04. The number of likely N-dealkylation sites (tertiary alicyclic amines) is 1. The van der Waals surface area contributed by atoms with Crippen LogP contribution in [0.3, 0.4) is 0 Å². The molecule has 5 heteroatoms. The predicted octanol–water partition coefficient (Wildman–Crippen LogP) is 1.39. The van der Waals surface area contributed by atoms with Crippen LogP contribution in [0.25, 0.3) is 0 Å². The molecule has 0 aromatic heterocycles. The standard InChI is InChI=1S/C15H32N4O/c1-5-20-14(8-9-18(3)4)12-17-15(16)19-10-6-13(2)7-11-19/h13-14H,5-12H2,1-4H3,(H2,16,17). The molecule has 0 saturated carbocycles. The van der Waals surface area contributed by atoms with Crippen LogP contribution in [0.1, 0.15) is 33.1 Å². The Morgan fingerprint density at radius 2 is 2.05 bits per heavy atom. The van der Waals surface area contributed by atoms with Crippen LogP contribution in [0.4, 0.5) is 0 Å². The zero-order chi connectivity index (χ0) is 15.0. The third-order valence-corrected chi connectivity index (χ3v) is 3.87. The molecule has 0 amide bonds. The van der Waals surface area contributed by atoms with Crippen LogP contribution in [0, 0.1) is 5.92 Å². The Labute approximate surface area is 124 Å². The molecule has 5 nitrogen and oxygen atoms in total. The van der Waals surface area contributed by atoms with Gasteiger partial charge in [0.05, 0.1) is 12.6 Å².